The first kappa shape index (κ1) is 14.0. The highest BCUT2D eigenvalue weighted by atomic mass is 35.5. The van der Waals surface area contributed by atoms with E-state index in [2.05, 4.69) is 11.8 Å². The van der Waals surface area contributed by atoms with Crippen molar-refractivity contribution in [2.24, 2.45) is 11.7 Å². The first-order valence-corrected chi connectivity index (χ1v) is 7.59. The second kappa shape index (κ2) is 5.80. The van der Waals surface area contributed by atoms with Crippen LogP contribution >= 0.6 is 11.6 Å². The van der Waals surface area contributed by atoms with Crippen LogP contribution in [0.2, 0.25) is 5.02 Å². The van der Waals surface area contributed by atoms with Gasteiger partial charge in [-0.15, -0.1) is 0 Å². The fourth-order valence-corrected chi connectivity index (χ4v) is 3.55. The summed E-state index contributed by atoms with van der Waals surface area (Å²) in [4.78, 5) is 2.46. The molecule has 0 saturated carbocycles. The van der Waals surface area contributed by atoms with Gasteiger partial charge in [-0.25, -0.2) is 0 Å². The second-order valence-corrected chi connectivity index (χ2v) is 6.11. The molecule has 110 valence electrons. The average Bonchev–Trinajstić information content (AvgIpc) is 2.88. The number of nitrogens with two attached hydrogens (primary N) is 1. The standard InChI is InChI=1S/C15H21ClN2O2/c1-10-3-2-4-18(13(10)7-17)8-11-5-12(16)15-14(6-11)19-9-20-15/h5-6,10,13H,2-4,7-9,17H2,1H3. The van der Waals surface area contributed by atoms with Crippen LogP contribution in [0.1, 0.15) is 25.3 Å². The fourth-order valence-electron chi connectivity index (χ4n) is 3.26. The molecule has 2 atom stereocenters. The Labute approximate surface area is 124 Å². The highest BCUT2D eigenvalue weighted by Crippen LogP contribution is 2.40. The highest BCUT2D eigenvalue weighted by Gasteiger charge is 2.28. The number of benzene rings is 1. The van der Waals surface area contributed by atoms with Crippen molar-refractivity contribution in [3.63, 3.8) is 0 Å². The van der Waals surface area contributed by atoms with Crippen molar-refractivity contribution < 1.29 is 9.47 Å². The summed E-state index contributed by atoms with van der Waals surface area (Å²) in [6, 6.07) is 4.45. The second-order valence-electron chi connectivity index (χ2n) is 5.70. The Hall–Kier alpha value is -0.970. The summed E-state index contributed by atoms with van der Waals surface area (Å²) in [5.74, 6) is 2.07. The SMILES string of the molecule is CC1CCCN(Cc2cc(Cl)c3c(c2)OCO3)C1CN. The molecule has 2 heterocycles. The Morgan fingerprint density at radius 2 is 2.25 bits per heavy atom. The van der Waals surface area contributed by atoms with Crippen LogP contribution in [-0.4, -0.2) is 30.8 Å². The minimum Gasteiger partial charge on any atom is -0.454 e. The third kappa shape index (κ3) is 2.60. The van der Waals surface area contributed by atoms with E-state index >= 15 is 0 Å². The molecule has 2 aliphatic rings. The quantitative estimate of drug-likeness (QED) is 0.931. The van der Waals surface area contributed by atoms with Gasteiger partial charge in [0.2, 0.25) is 6.79 Å². The molecule has 2 N–H and O–H groups in total. The van der Waals surface area contributed by atoms with Crippen LogP contribution in [0.4, 0.5) is 0 Å². The number of hydrogen-bond donors (Lipinski definition) is 1. The summed E-state index contributed by atoms with van der Waals surface area (Å²) in [6.07, 6.45) is 2.50. The van der Waals surface area contributed by atoms with Crippen LogP contribution in [0.3, 0.4) is 0 Å². The third-order valence-corrected chi connectivity index (χ3v) is 4.63. The zero-order valence-corrected chi connectivity index (χ0v) is 12.5. The van der Waals surface area contributed by atoms with E-state index in [1.54, 1.807) is 0 Å². The number of hydrogen-bond acceptors (Lipinski definition) is 4. The first-order chi connectivity index (χ1) is 9.69. The van der Waals surface area contributed by atoms with E-state index in [1.807, 2.05) is 12.1 Å². The van der Waals surface area contributed by atoms with Crippen LogP contribution in [0.5, 0.6) is 11.5 Å². The van der Waals surface area contributed by atoms with E-state index in [4.69, 9.17) is 26.8 Å². The van der Waals surface area contributed by atoms with Crippen LogP contribution in [0.25, 0.3) is 0 Å². The van der Waals surface area contributed by atoms with Gasteiger partial charge in [0.15, 0.2) is 11.5 Å². The summed E-state index contributed by atoms with van der Waals surface area (Å²) in [6.45, 7) is 5.21. The average molecular weight is 297 g/mol. The molecule has 2 unspecified atom stereocenters. The van der Waals surface area contributed by atoms with Gasteiger partial charge in [0.25, 0.3) is 0 Å². The molecule has 0 aliphatic carbocycles. The summed E-state index contributed by atoms with van der Waals surface area (Å²) < 4.78 is 10.8. The molecule has 1 fully saturated rings. The third-order valence-electron chi connectivity index (χ3n) is 4.34. The molecule has 1 aromatic rings. The molecule has 2 aliphatic heterocycles. The number of fused-ring (bicyclic) bond motifs is 1. The van der Waals surface area contributed by atoms with Gasteiger partial charge in [-0.3, -0.25) is 4.90 Å². The zero-order chi connectivity index (χ0) is 14.1. The first-order valence-electron chi connectivity index (χ1n) is 7.21. The van der Waals surface area contributed by atoms with Crippen molar-refractivity contribution in [3.8, 4) is 11.5 Å². The van der Waals surface area contributed by atoms with Crippen LogP contribution in [0.15, 0.2) is 12.1 Å². The molecule has 0 aromatic heterocycles. The molecule has 20 heavy (non-hydrogen) atoms. The number of halogens is 1. The van der Waals surface area contributed by atoms with Gasteiger partial charge in [0.1, 0.15) is 0 Å². The molecular formula is C15H21ClN2O2. The van der Waals surface area contributed by atoms with Crippen molar-refractivity contribution >= 4 is 11.6 Å². The van der Waals surface area contributed by atoms with Crippen molar-refractivity contribution in [2.45, 2.75) is 32.4 Å². The van der Waals surface area contributed by atoms with E-state index < -0.39 is 0 Å². The minimum absolute atomic E-state index is 0.255. The molecular weight excluding hydrogens is 276 g/mol. The number of nitrogens with zero attached hydrogens (tertiary/aromatic N) is 1. The molecule has 5 heteroatoms. The molecule has 4 nitrogen and oxygen atoms in total. The van der Waals surface area contributed by atoms with Gasteiger partial charge in [-0.1, -0.05) is 18.5 Å². The zero-order valence-electron chi connectivity index (χ0n) is 11.8. The van der Waals surface area contributed by atoms with E-state index in [0.717, 1.165) is 24.4 Å². The van der Waals surface area contributed by atoms with Gasteiger partial charge in [-0.2, -0.15) is 0 Å². The molecule has 3 rings (SSSR count). The minimum atomic E-state index is 0.255. The van der Waals surface area contributed by atoms with Crippen LogP contribution in [0, 0.1) is 5.92 Å². The molecule has 0 bridgehead atoms. The molecule has 0 spiro atoms. The molecule has 0 radical (unpaired) electrons. The fraction of sp³-hybridized carbons (Fsp3) is 0.600. The number of piperidine rings is 1. The maximum Gasteiger partial charge on any atom is 0.231 e. The summed E-state index contributed by atoms with van der Waals surface area (Å²) in [5, 5.41) is 0.629. The van der Waals surface area contributed by atoms with E-state index in [1.165, 1.54) is 12.8 Å². The molecule has 1 saturated heterocycles. The molecule has 1 aromatic carbocycles. The smallest absolute Gasteiger partial charge is 0.231 e. The Kier molecular flexibility index (Phi) is 4.06. The summed E-state index contributed by atoms with van der Waals surface area (Å²) >= 11 is 6.24. The predicted octanol–water partition coefficient (Wildman–Crippen LogP) is 2.63. The maximum absolute atomic E-state index is 6.24. The Morgan fingerprint density at radius 3 is 3.05 bits per heavy atom. The number of rotatable bonds is 3. The van der Waals surface area contributed by atoms with Crippen molar-refractivity contribution in [2.75, 3.05) is 19.9 Å². The Balaban J connectivity index is 1.78. The number of ether oxygens (including phenoxy) is 2. The van der Waals surface area contributed by atoms with Crippen LogP contribution < -0.4 is 15.2 Å². The highest BCUT2D eigenvalue weighted by molar-refractivity contribution is 6.32. The van der Waals surface area contributed by atoms with E-state index in [9.17, 15) is 0 Å². The number of likely N-dealkylation sites (tertiary alicyclic amines) is 1. The van der Waals surface area contributed by atoms with E-state index in [-0.39, 0.29) is 6.79 Å². The Bertz CT molecular complexity index is 495. The van der Waals surface area contributed by atoms with E-state index in [0.29, 0.717) is 29.3 Å². The van der Waals surface area contributed by atoms with Crippen molar-refractivity contribution in [3.05, 3.63) is 22.7 Å². The normalized spacial score (nSPS) is 25.9. The molecule has 0 amide bonds. The van der Waals surface area contributed by atoms with Gasteiger partial charge in [0, 0.05) is 19.1 Å². The lowest BCUT2D eigenvalue weighted by molar-refractivity contribution is 0.0990. The topological polar surface area (TPSA) is 47.7 Å². The van der Waals surface area contributed by atoms with Gasteiger partial charge in [-0.05, 0) is 43.0 Å². The lowest BCUT2D eigenvalue weighted by Gasteiger charge is -2.39. The van der Waals surface area contributed by atoms with Crippen molar-refractivity contribution in [1.29, 1.82) is 0 Å². The summed E-state index contributed by atoms with van der Waals surface area (Å²) in [7, 11) is 0. The monoisotopic (exact) mass is 296 g/mol. The van der Waals surface area contributed by atoms with Gasteiger partial charge >= 0.3 is 0 Å². The van der Waals surface area contributed by atoms with Crippen LogP contribution in [-0.2, 0) is 6.54 Å². The maximum atomic E-state index is 6.24. The summed E-state index contributed by atoms with van der Waals surface area (Å²) in [5.41, 5.74) is 7.10. The van der Waals surface area contributed by atoms with Gasteiger partial charge in [0.05, 0.1) is 5.02 Å². The lowest BCUT2D eigenvalue weighted by atomic mass is 9.90. The largest absolute Gasteiger partial charge is 0.454 e. The lowest BCUT2D eigenvalue weighted by Crippen LogP contribution is -2.47. The predicted molar refractivity (Wildman–Crippen MR) is 79.2 cm³/mol. The van der Waals surface area contributed by atoms with Gasteiger partial charge < -0.3 is 15.2 Å². The van der Waals surface area contributed by atoms with Crippen molar-refractivity contribution in [1.82, 2.24) is 4.90 Å². The Morgan fingerprint density at radius 1 is 1.40 bits per heavy atom.